The molecule has 0 fully saturated rings. The van der Waals surface area contributed by atoms with Gasteiger partial charge in [-0.05, 0) is 6.42 Å². The minimum atomic E-state index is -0.355. The van der Waals surface area contributed by atoms with E-state index in [0.717, 1.165) is 19.3 Å². The third-order valence-corrected chi connectivity index (χ3v) is 2.21. The molecule has 0 atom stereocenters. The molecule has 0 amide bonds. The van der Waals surface area contributed by atoms with Crippen LogP contribution in [0.1, 0.15) is 36.7 Å². The van der Waals surface area contributed by atoms with Crippen molar-refractivity contribution in [2.45, 2.75) is 32.7 Å². The molecular weight excluding hydrogens is 206 g/mol. The van der Waals surface area contributed by atoms with Gasteiger partial charge in [0.25, 0.3) is 0 Å². The second-order valence-electron chi connectivity index (χ2n) is 3.63. The van der Waals surface area contributed by atoms with Gasteiger partial charge >= 0.3 is 5.97 Å². The fourth-order valence-electron chi connectivity index (χ4n) is 1.33. The van der Waals surface area contributed by atoms with Crippen LogP contribution in [0.25, 0.3) is 0 Å². The summed E-state index contributed by atoms with van der Waals surface area (Å²) in [5.41, 5.74) is 5.75. The predicted molar refractivity (Wildman–Crippen MR) is 61.1 cm³/mol. The first-order valence-corrected chi connectivity index (χ1v) is 5.67. The van der Waals surface area contributed by atoms with Crippen LogP contribution in [-0.2, 0) is 11.3 Å². The number of hydrogen-bond donors (Lipinski definition) is 1. The van der Waals surface area contributed by atoms with E-state index in [1.54, 1.807) is 17.1 Å². The molecule has 90 valence electrons. The van der Waals surface area contributed by atoms with Crippen LogP contribution in [0.3, 0.4) is 0 Å². The molecule has 0 unspecified atom stereocenters. The van der Waals surface area contributed by atoms with Crippen LogP contribution < -0.4 is 5.73 Å². The Kier molecular flexibility index (Phi) is 5.56. The molecule has 0 saturated carbocycles. The number of hydrogen-bond acceptors (Lipinski definition) is 4. The molecule has 1 aromatic heterocycles. The average molecular weight is 225 g/mol. The summed E-state index contributed by atoms with van der Waals surface area (Å²) in [6, 6.07) is 0. The van der Waals surface area contributed by atoms with Gasteiger partial charge in [0.05, 0.1) is 12.9 Å². The van der Waals surface area contributed by atoms with E-state index < -0.39 is 0 Å². The van der Waals surface area contributed by atoms with Gasteiger partial charge in [-0.3, -0.25) is 0 Å². The highest BCUT2D eigenvalue weighted by Crippen LogP contribution is 2.01. The van der Waals surface area contributed by atoms with E-state index in [1.807, 2.05) is 0 Å². The van der Waals surface area contributed by atoms with E-state index in [4.69, 9.17) is 10.5 Å². The summed E-state index contributed by atoms with van der Waals surface area (Å²) < 4.78 is 6.86. The molecule has 0 saturated heterocycles. The van der Waals surface area contributed by atoms with Gasteiger partial charge in [-0.2, -0.15) is 0 Å². The molecule has 2 N–H and O–H groups in total. The second-order valence-corrected chi connectivity index (χ2v) is 3.63. The lowest BCUT2D eigenvalue weighted by molar-refractivity contribution is 0.0491. The highest BCUT2D eigenvalue weighted by atomic mass is 16.5. The highest BCUT2D eigenvalue weighted by molar-refractivity contribution is 5.86. The fourth-order valence-corrected chi connectivity index (χ4v) is 1.33. The van der Waals surface area contributed by atoms with Gasteiger partial charge in [-0.1, -0.05) is 19.8 Å². The Labute approximate surface area is 95.6 Å². The lowest BCUT2D eigenvalue weighted by Gasteiger charge is -2.01. The summed E-state index contributed by atoms with van der Waals surface area (Å²) in [4.78, 5) is 15.5. The van der Waals surface area contributed by atoms with Gasteiger partial charge < -0.3 is 15.0 Å². The summed E-state index contributed by atoms with van der Waals surface area (Å²) in [7, 11) is 0. The number of imidazole rings is 1. The Bertz CT molecular complexity index is 323. The zero-order valence-corrected chi connectivity index (χ0v) is 9.69. The third-order valence-electron chi connectivity index (χ3n) is 2.21. The maximum atomic E-state index is 11.5. The quantitative estimate of drug-likeness (QED) is 0.559. The van der Waals surface area contributed by atoms with Gasteiger partial charge in [0.2, 0.25) is 0 Å². The molecule has 1 heterocycles. The summed E-state index contributed by atoms with van der Waals surface area (Å²) in [6.07, 6.45) is 6.35. The molecule has 0 spiro atoms. The molecule has 0 aliphatic heterocycles. The first-order valence-electron chi connectivity index (χ1n) is 5.67. The minimum Gasteiger partial charge on any atom is -0.461 e. The first kappa shape index (κ1) is 12.7. The molecule has 1 aromatic rings. The largest absolute Gasteiger partial charge is 0.461 e. The van der Waals surface area contributed by atoms with Crippen molar-refractivity contribution in [3.63, 3.8) is 0 Å². The zero-order chi connectivity index (χ0) is 11.8. The maximum absolute atomic E-state index is 11.5. The van der Waals surface area contributed by atoms with Crippen LogP contribution in [0.15, 0.2) is 12.5 Å². The van der Waals surface area contributed by atoms with Gasteiger partial charge in [0.15, 0.2) is 5.69 Å². The van der Waals surface area contributed by atoms with Crippen molar-refractivity contribution in [2.75, 3.05) is 13.2 Å². The van der Waals surface area contributed by atoms with Crippen molar-refractivity contribution >= 4 is 5.97 Å². The molecule has 0 aliphatic carbocycles. The smallest absolute Gasteiger partial charge is 0.358 e. The number of carbonyl (C=O) groups is 1. The normalized spacial score (nSPS) is 10.4. The van der Waals surface area contributed by atoms with E-state index in [2.05, 4.69) is 11.9 Å². The third kappa shape index (κ3) is 4.02. The number of aromatic nitrogens is 2. The number of nitrogens with two attached hydrogens (primary N) is 1. The van der Waals surface area contributed by atoms with Crippen LogP contribution in [0.4, 0.5) is 0 Å². The lowest BCUT2D eigenvalue weighted by Crippen LogP contribution is -2.09. The highest BCUT2D eigenvalue weighted by Gasteiger charge is 2.09. The fraction of sp³-hybridized carbons (Fsp3) is 0.636. The van der Waals surface area contributed by atoms with Crippen LogP contribution in [0.2, 0.25) is 0 Å². The summed E-state index contributed by atoms with van der Waals surface area (Å²) in [5, 5.41) is 0. The van der Waals surface area contributed by atoms with Crippen molar-refractivity contribution in [1.82, 2.24) is 9.55 Å². The van der Waals surface area contributed by atoms with Crippen molar-refractivity contribution in [3.05, 3.63) is 18.2 Å². The number of esters is 1. The van der Waals surface area contributed by atoms with Crippen LogP contribution >= 0.6 is 0 Å². The minimum absolute atomic E-state index is 0.352. The SMILES string of the molecule is CCCCCOC(=O)c1cn(CCN)cn1. The molecule has 16 heavy (non-hydrogen) atoms. The lowest BCUT2D eigenvalue weighted by atomic mass is 10.3. The molecule has 0 aromatic carbocycles. The van der Waals surface area contributed by atoms with Gasteiger partial charge in [-0.15, -0.1) is 0 Å². The molecule has 0 bridgehead atoms. The van der Waals surface area contributed by atoms with E-state index in [9.17, 15) is 4.79 Å². The van der Waals surface area contributed by atoms with Crippen LogP contribution in [0.5, 0.6) is 0 Å². The van der Waals surface area contributed by atoms with Gasteiger partial charge in [0.1, 0.15) is 0 Å². The molecule has 0 radical (unpaired) electrons. The van der Waals surface area contributed by atoms with Gasteiger partial charge in [-0.25, -0.2) is 9.78 Å². The van der Waals surface area contributed by atoms with E-state index >= 15 is 0 Å². The van der Waals surface area contributed by atoms with E-state index in [1.165, 1.54) is 0 Å². The maximum Gasteiger partial charge on any atom is 0.358 e. The molecule has 0 aliphatic rings. The number of ether oxygens (including phenoxy) is 1. The molecular formula is C11H19N3O2. The number of carbonyl (C=O) groups excluding carboxylic acids is 1. The summed E-state index contributed by atoms with van der Waals surface area (Å²) in [5.74, 6) is -0.355. The van der Waals surface area contributed by atoms with Crippen molar-refractivity contribution in [2.24, 2.45) is 5.73 Å². The number of rotatable bonds is 7. The summed E-state index contributed by atoms with van der Waals surface area (Å²) >= 11 is 0. The summed E-state index contributed by atoms with van der Waals surface area (Å²) in [6.45, 7) is 3.77. The Morgan fingerprint density at radius 1 is 1.56 bits per heavy atom. The Morgan fingerprint density at radius 2 is 2.38 bits per heavy atom. The van der Waals surface area contributed by atoms with Gasteiger partial charge in [0, 0.05) is 19.3 Å². The van der Waals surface area contributed by atoms with E-state index in [-0.39, 0.29) is 5.97 Å². The van der Waals surface area contributed by atoms with Crippen molar-refractivity contribution in [3.8, 4) is 0 Å². The standard InChI is InChI=1S/C11H19N3O2/c1-2-3-4-7-16-11(15)10-8-14(6-5-12)9-13-10/h8-9H,2-7,12H2,1H3. The van der Waals surface area contributed by atoms with Crippen LogP contribution in [-0.4, -0.2) is 28.7 Å². The zero-order valence-electron chi connectivity index (χ0n) is 9.69. The predicted octanol–water partition coefficient (Wildman–Crippen LogP) is 1.19. The monoisotopic (exact) mass is 225 g/mol. The first-order chi connectivity index (χ1) is 7.77. The molecule has 5 nitrogen and oxygen atoms in total. The second kappa shape index (κ2) is 7.00. The van der Waals surface area contributed by atoms with Crippen molar-refractivity contribution in [1.29, 1.82) is 0 Å². The Balaban J connectivity index is 2.34. The van der Waals surface area contributed by atoms with E-state index in [0.29, 0.717) is 25.4 Å². The van der Waals surface area contributed by atoms with Crippen molar-refractivity contribution < 1.29 is 9.53 Å². The molecule has 5 heteroatoms. The number of nitrogens with zero attached hydrogens (tertiary/aromatic N) is 2. The Hall–Kier alpha value is -1.36. The Morgan fingerprint density at radius 3 is 3.06 bits per heavy atom. The topological polar surface area (TPSA) is 70.1 Å². The van der Waals surface area contributed by atoms with Crippen LogP contribution in [0, 0.1) is 0 Å². The molecule has 1 rings (SSSR count). The average Bonchev–Trinajstić information content (AvgIpc) is 2.73. The number of unbranched alkanes of at least 4 members (excludes halogenated alkanes) is 2.